The fourth-order valence-electron chi connectivity index (χ4n) is 3.79. The van der Waals surface area contributed by atoms with Gasteiger partial charge in [-0.05, 0) is 36.8 Å². The Morgan fingerprint density at radius 3 is 2.41 bits per heavy atom. The Balaban J connectivity index is 1.83. The van der Waals surface area contributed by atoms with E-state index in [1.807, 2.05) is 18.2 Å². The molecule has 0 aromatic heterocycles. The molecule has 2 aliphatic heterocycles. The molecule has 8 heteroatoms. The summed E-state index contributed by atoms with van der Waals surface area (Å²) in [7, 11) is 0. The molecule has 0 radical (unpaired) electrons. The third-order valence-corrected chi connectivity index (χ3v) is 5.15. The van der Waals surface area contributed by atoms with Crippen molar-refractivity contribution in [2.75, 3.05) is 19.6 Å². The number of amides is 2. The molecule has 3 rings (SSSR count). The summed E-state index contributed by atoms with van der Waals surface area (Å²) < 4.78 is 38.7. The number of hydrogen-bond donors (Lipinski definition) is 1. The van der Waals surface area contributed by atoms with E-state index in [1.54, 1.807) is 12.1 Å². The highest BCUT2D eigenvalue weighted by Crippen LogP contribution is 2.37. The quantitative estimate of drug-likeness (QED) is 0.839. The lowest BCUT2D eigenvalue weighted by molar-refractivity contribution is -0.186. The summed E-state index contributed by atoms with van der Waals surface area (Å²) in [6.45, 7) is 0.915. The number of carbonyl (C=O) groups is 2. The molecule has 1 aromatic carbocycles. The highest BCUT2D eigenvalue weighted by Gasteiger charge is 2.46. The van der Waals surface area contributed by atoms with Gasteiger partial charge in [0.1, 0.15) is 0 Å². The first-order valence-electron chi connectivity index (χ1n) is 8.91. The Morgan fingerprint density at radius 1 is 1.11 bits per heavy atom. The molecule has 5 nitrogen and oxygen atoms in total. The van der Waals surface area contributed by atoms with Crippen molar-refractivity contribution in [1.82, 2.24) is 9.80 Å². The number of nitrogens with zero attached hydrogens (tertiary/aromatic N) is 2. The Bertz CT molecular complexity index is 751. The van der Waals surface area contributed by atoms with Crippen LogP contribution in [0.3, 0.4) is 0 Å². The van der Waals surface area contributed by atoms with Gasteiger partial charge in [-0.3, -0.25) is 4.79 Å². The first-order chi connectivity index (χ1) is 12.8. The smallest absolute Gasteiger partial charge is 0.465 e. The van der Waals surface area contributed by atoms with Crippen molar-refractivity contribution >= 4 is 18.1 Å². The first-order valence-corrected chi connectivity index (χ1v) is 8.91. The van der Waals surface area contributed by atoms with E-state index < -0.39 is 24.2 Å². The molecular weight excluding hydrogens is 361 g/mol. The van der Waals surface area contributed by atoms with E-state index in [4.69, 9.17) is 5.11 Å². The molecule has 0 saturated carbocycles. The van der Waals surface area contributed by atoms with Gasteiger partial charge < -0.3 is 14.9 Å². The normalized spacial score (nSPS) is 20.7. The van der Waals surface area contributed by atoms with Crippen LogP contribution in [0.4, 0.5) is 18.0 Å². The first kappa shape index (κ1) is 19.3. The van der Waals surface area contributed by atoms with Gasteiger partial charge in [-0.1, -0.05) is 35.9 Å². The summed E-state index contributed by atoms with van der Waals surface area (Å²) in [5, 5.41) is 9.03. The minimum absolute atomic E-state index is 0.0987. The van der Waals surface area contributed by atoms with E-state index in [-0.39, 0.29) is 6.54 Å². The number of likely N-dealkylation sites (tertiary alicyclic amines) is 2. The van der Waals surface area contributed by atoms with Gasteiger partial charge in [-0.15, -0.1) is 0 Å². The molecule has 1 aromatic rings. The van der Waals surface area contributed by atoms with E-state index in [0.717, 1.165) is 16.0 Å². The van der Waals surface area contributed by atoms with Crippen LogP contribution in [0.15, 0.2) is 29.8 Å². The second kappa shape index (κ2) is 7.62. The maximum atomic E-state index is 12.9. The van der Waals surface area contributed by atoms with Crippen LogP contribution in [0.25, 0.3) is 6.08 Å². The van der Waals surface area contributed by atoms with Crippen LogP contribution in [-0.4, -0.2) is 52.7 Å². The summed E-state index contributed by atoms with van der Waals surface area (Å²) in [5.41, 5.74) is 2.57. The van der Waals surface area contributed by atoms with E-state index in [0.29, 0.717) is 44.3 Å². The summed E-state index contributed by atoms with van der Waals surface area (Å²) in [5.74, 6) is -1.79. The van der Waals surface area contributed by atoms with Crippen molar-refractivity contribution in [1.29, 1.82) is 0 Å². The van der Waals surface area contributed by atoms with Crippen LogP contribution in [0.2, 0.25) is 0 Å². The molecule has 0 aliphatic carbocycles. The fourth-order valence-corrected chi connectivity index (χ4v) is 3.79. The van der Waals surface area contributed by atoms with Gasteiger partial charge in [0.25, 0.3) is 0 Å². The van der Waals surface area contributed by atoms with Crippen LogP contribution in [0.5, 0.6) is 0 Å². The molecule has 2 fully saturated rings. The number of carbonyl (C=O) groups excluding carboxylic acids is 1. The lowest BCUT2D eigenvalue weighted by Gasteiger charge is -2.28. The molecule has 2 heterocycles. The van der Waals surface area contributed by atoms with Crippen LogP contribution in [0, 0.1) is 0 Å². The van der Waals surface area contributed by atoms with Gasteiger partial charge in [0, 0.05) is 19.6 Å². The van der Waals surface area contributed by atoms with Crippen molar-refractivity contribution in [3.8, 4) is 0 Å². The predicted octanol–water partition coefficient (Wildman–Crippen LogP) is 4.07. The molecule has 0 unspecified atom stereocenters. The molecule has 2 amide bonds. The largest absolute Gasteiger partial charge is 0.471 e. The molecule has 1 N–H and O–H groups in total. The molecule has 146 valence electrons. The van der Waals surface area contributed by atoms with E-state index in [1.165, 1.54) is 4.90 Å². The van der Waals surface area contributed by atoms with Gasteiger partial charge >= 0.3 is 18.2 Å². The SMILES string of the molecule is O=C(O)N1CCC(=Cc2ccccc2[C@H]2CCCN2C(=O)C(F)(F)F)CC1. The summed E-state index contributed by atoms with van der Waals surface area (Å²) >= 11 is 0. The molecule has 0 bridgehead atoms. The number of halogens is 3. The monoisotopic (exact) mass is 382 g/mol. The van der Waals surface area contributed by atoms with Crippen LogP contribution in [-0.2, 0) is 4.79 Å². The summed E-state index contributed by atoms with van der Waals surface area (Å²) in [6, 6.07) is 6.59. The summed E-state index contributed by atoms with van der Waals surface area (Å²) in [4.78, 5) is 25.1. The van der Waals surface area contributed by atoms with Gasteiger partial charge in [0.05, 0.1) is 6.04 Å². The minimum atomic E-state index is -4.88. The molecule has 2 aliphatic rings. The van der Waals surface area contributed by atoms with Crippen molar-refractivity contribution in [2.24, 2.45) is 0 Å². The third-order valence-electron chi connectivity index (χ3n) is 5.15. The van der Waals surface area contributed by atoms with Crippen LogP contribution >= 0.6 is 0 Å². The highest BCUT2D eigenvalue weighted by molar-refractivity contribution is 5.82. The molecule has 0 spiro atoms. The number of carboxylic acid groups (broad SMARTS) is 1. The van der Waals surface area contributed by atoms with Crippen molar-refractivity contribution in [3.63, 3.8) is 0 Å². The highest BCUT2D eigenvalue weighted by atomic mass is 19.4. The topological polar surface area (TPSA) is 60.9 Å². The minimum Gasteiger partial charge on any atom is -0.465 e. The van der Waals surface area contributed by atoms with Gasteiger partial charge in [-0.25, -0.2) is 4.79 Å². The average Bonchev–Trinajstić information content (AvgIpc) is 3.10. The van der Waals surface area contributed by atoms with Crippen molar-refractivity contribution in [2.45, 2.75) is 37.9 Å². The lowest BCUT2D eigenvalue weighted by Crippen LogP contribution is -2.40. The Hall–Kier alpha value is -2.51. The predicted molar refractivity (Wildman–Crippen MR) is 93.0 cm³/mol. The zero-order valence-electron chi connectivity index (χ0n) is 14.7. The standard InChI is InChI=1S/C19H21F3N2O3/c20-19(21,22)17(25)24-9-3-6-16(24)15-5-2-1-4-14(15)12-13-7-10-23(11-8-13)18(26)27/h1-2,4-5,12,16H,3,6-11H2,(H,26,27)/t16-/m1/s1. The van der Waals surface area contributed by atoms with E-state index >= 15 is 0 Å². The van der Waals surface area contributed by atoms with Crippen LogP contribution < -0.4 is 0 Å². The van der Waals surface area contributed by atoms with E-state index in [2.05, 4.69) is 0 Å². The Labute approximate surface area is 155 Å². The molecular formula is C19H21F3N2O3. The van der Waals surface area contributed by atoms with Gasteiger partial charge in [0.2, 0.25) is 0 Å². The van der Waals surface area contributed by atoms with Gasteiger partial charge in [0.15, 0.2) is 0 Å². The number of benzene rings is 1. The van der Waals surface area contributed by atoms with Crippen molar-refractivity contribution < 1.29 is 27.9 Å². The second-order valence-corrected chi connectivity index (χ2v) is 6.86. The molecule has 27 heavy (non-hydrogen) atoms. The third kappa shape index (κ3) is 4.26. The maximum Gasteiger partial charge on any atom is 0.471 e. The average molecular weight is 382 g/mol. The maximum absolute atomic E-state index is 12.9. The number of alkyl halides is 3. The second-order valence-electron chi connectivity index (χ2n) is 6.86. The summed E-state index contributed by atoms with van der Waals surface area (Å²) in [6.07, 6.45) is -1.67. The zero-order valence-corrected chi connectivity index (χ0v) is 14.7. The zero-order chi connectivity index (χ0) is 19.6. The van der Waals surface area contributed by atoms with E-state index in [9.17, 15) is 22.8 Å². The van der Waals surface area contributed by atoms with Crippen LogP contribution in [0.1, 0.15) is 42.9 Å². The van der Waals surface area contributed by atoms with Crippen molar-refractivity contribution in [3.05, 3.63) is 41.0 Å². The number of rotatable bonds is 2. The molecule has 1 atom stereocenters. The Morgan fingerprint density at radius 2 is 1.78 bits per heavy atom. The number of hydrogen-bond acceptors (Lipinski definition) is 2. The Kier molecular flexibility index (Phi) is 5.43. The molecule has 2 saturated heterocycles. The number of piperidine rings is 1. The fraction of sp³-hybridized carbons (Fsp3) is 0.474. The van der Waals surface area contributed by atoms with Gasteiger partial charge in [-0.2, -0.15) is 13.2 Å². The lowest BCUT2D eigenvalue weighted by atomic mass is 9.94.